The van der Waals surface area contributed by atoms with E-state index in [4.69, 9.17) is 4.74 Å². The highest BCUT2D eigenvalue weighted by atomic mass is 16.6. The molecule has 2 aliphatic heterocycles. The van der Waals surface area contributed by atoms with Crippen LogP contribution >= 0.6 is 0 Å². The minimum absolute atomic E-state index is 0.0103. The van der Waals surface area contributed by atoms with Crippen molar-refractivity contribution in [3.8, 4) is 0 Å². The van der Waals surface area contributed by atoms with Gasteiger partial charge < -0.3 is 15.0 Å². The quantitative estimate of drug-likeness (QED) is 0.499. The average Bonchev–Trinajstić information content (AvgIpc) is 2.91. The fourth-order valence-corrected chi connectivity index (χ4v) is 4.99. The minimum Gasteiger partial charge on any atom is -0.444 e. The van der Waals surface area contributed by atoms with Crippen molar-refractivity contribution in [2.45, 2.75) is 52.8 Å². The van der Waals surface area contributed by atoms with E-state index in [0.717, 1.165) is 43.7 Å². The summed E-state index contributed by atoms with van der Waals surface area (Å²) < 4.78 is 5.18. The number of hydrogen-bond donors (Lipinski definition) is 1. The van der Waals surface area contributed by atoms with Crippen LogP contribution in [-0.4, -0.2) is 64.5 Å². The number of amides is 2. The van der Waals surface area contributed by atoms with Crippen LogP contribution < -0.4 is 10.2 Å². The Hall–Kier alpha value is -3.46. The molecule has 2 aromatic rings. The molecule has 37 heavy (non-hydrogen) atoms. The Morgan fingerprint density at radius 3 is 2.43 bits per heavy atom. The van der Waals surface area contributed by atoms with Crippen molar-refractivity contribution < 1.29 is 14.3 Å². The molecule has 9 heteroatoms. The van der Waals surface area contributed by atoms with Gasteiger partial charge in [-0.05, 0) is 43.4 Å². The number of aromatic nitrogens is 2. The highest BCUT2D eigenvalue weighted by Crippen LogP contribution is 2.31. The molecule has 2 aliphatic rings. The van der Waals surface area contributed by atoms with Gasteiger partial charge in [0.1, 0.15) is 12.4 Å². The molecular weight excluding hydrogens is 468 g/mol. The predicted molar refractivity (Wildman–Crippen MR) is 144 cm³/mol. The predicted octanol–water partition coefficient (Wildman–Crippen LogP) is 4.54. The molecule has 0 bridgehead atoms. The van der Waals surface area contributed by atoms with E-state index in [-0.39, 0.29) is 24.6 Å². The molecule has 198 valence electrons. The van der Waals surface area contributed by atoms with Crippen molar-refractivity contribution >= 4 is 23.8 Å². The second-order valence-electron chi connectivity index (χ2n) is 10.1. The van der Waals surface area contributed by atoms with Crippen LogP contribution in [0.4, 0.5) is 16.6 Å². The van der Waals surface area contributed by atoms with Gasteiger partial charge in [-0.25, -0.2) is 9.78 Å². The summed E-state index contributed by atoms with van der Waals surface area (Å²) in [4.78, 5) is 39.0. The average molecular weight is 507 g/mol. The summed E-state index contributed by atoms with van der Waals surface area (Å²) >= 11 is 0. The van der Waals surface area contributed by atoms with Gasteiger partial charge in [0, 0.05) is 45.0 Å². The monoisotopic (exact) mass is 506 g/mol. The first-order valence-electron chi connectivity index (χ1n) is 13.1. The summed E-state index contributed by atoms with van der Waals surface area (Å²) in [6.45, 7) is 15.9. The molecule has 1 N–H and O–H groups in total. The smallest absolute Gasteiger partial charge is 0.415 e. The molecule has 2 atom stereocenters. The zero-order valence-electron chi connectivity index (χ0n) is 22.3. The van der Waals surface area contributed by atoms with E-state index in [0.29, 0.717) is 30.3 Å². The Kier molecular flexibility index (Phi) is 8.43. The molecule has 2 amide bonds. The Morgan fingerprint density at radius 2 is 1.81 bits per heavy atom. The lowest BCUT2D eigenvalue weighted by atomic mass is 9.93. The van der Waals surface area contributed by atoms with Crippen molar-refractivity contribution in [2.75, 3.05) is 42.9 Å². The number of carbonyl (C=O) groups excluding carboxylic acids is 2. The third-order valence-electron chi connectivity index (χ3n) is 7.09. The van der Waals surface area contributed by atoms with Crippen LogP contribution in [-0.2, 0) is 16.1 Å². The van der Waals surface area contributed by atoms with E-state index >= 15 is 0 Å². The molecule has 1 aromatic heterocycles. The van der Waals surface area contributed by atoms with E-state index in [2.05, 4.69) is 71.8 Å². The molecule has 0 spiro atoms. The summed E-state index contributed by atoms with van der Waals surface area (Å²) in [5.41, 5.74) is 3.21. The molecule has 0 aliphatic carbocycles. The molecule has 1 aromatic carbocycles. The highest BCUT2D eigenvalue weighted by molar-refractivity contribution is 5.89. The molecular formula is C28H38N6O3. The highest BCUT2D eigenvalue weighted by Gasteiger charge is 2.28. The van der Waals surface area contributed by atoms with Gasteiger partial charge in [0.15, 0.2) is 0 Å². The summed E-state index contributed by atoms with van der Waals surface area (Å²) in [7, 11) is 0. The number of benzene rings is 1. The summed E-state index contributed by atoms with van der Waals surface area (Å²) in [6, 6.07) is 9.03. The third-order valence-corrected chi connectivity index (χ3v) is 7.09. The molecule has 0 radical (unpaired) electrons. The van der Waals surface area contributed by atoms with Crippen LogP contribution in [0.2, 0.25) is 0 Å². The number of fused-ring (bicyclic) bond motifs is 1. The Balaban J connectivity index is 1.45. The first kappa shape index (κ1) is 26.6. The van der Waals surface area contributed by atoms with Crippen LogP contribution in [0.5, 0.6) is 0 Å². The van der Waals surface area contributed by atoms with Gasteiger partial charge in [-0.3, -0.25) is 14.6 Å². The standard InChI is InChI=1S/C28H38N6O3/c1-6-25(35)33-14-12-32(13-15-33)24(16-19(3)4)22-10-8-21(9-11-22)20(5)30-27-29-17-23-18-37-28(36)34(7-2)26(23)31-27/h6,8-11,17,19-20,24H,1,7,12-16,18H2,2-5H3,(H,29,30,31)/t20-,24-/m0/s1. The number of hydrogen-bond acceptors (Lipinski definition) is 7. The van der Waals surface area contributed by atoms with Gasteiger partial charge in [0.25, 0.3) is 0 Å². The molecule has 1 fully saturated rings. The Morgan fingerprint density at radius 1 is 1.14 bits per heavy atom. The number of cyclic esters (lactones) is 1. The Bertz CT molecular complexity index is 1110. The second kappa shape index (κ2) is 11.7. The number of anilines is 2. The maximum atomic E-state index is 12.1. The Labute approximate surface area is 219 Å². The number of piperazine rings is 1. The normalized spacial score (nSPS) is 17.7. The topological polar surface area (TPSA) is 90.9 Å². The van der Waals surface area contributed by atoms with Gasteiger partial charge in [-0.2, -0.15) is 4.98 Å². The van der Waals surface area contributed by atoms with E-state index < -0.39 is 0 Å². The van der Waals surface area contributed by atoms with E-state index in [1.54, 1.807) is 6.20 Å². The zero-order chi connectivity index (χ0) is 26.5. The summed E-state index contributed by atoms with van der Waals surface area (Å²) in [6.07, 6.45) is 3.79. The van der Waals surface area contributed by atoms with Gasteiger partial charge in [-0.1, -0.05) is 44.7 Å². The van der Waals surface area contributed by atoms with Crippen LogP contribution in [0.3, 0.4) is 0 Å². The van der Waals surface area contributed by atoms with Crippen molar-refractivity contribution in [3.05, 3.63) is 59.8 Å². The fraction of sp³-hybridized carbons (Fsp3) is 0.500. The van der Waals surface area contributed by atoms with Crippen molar-refractivity contribution in [3.63, 3.8) is 0 Å². The van der Waals surface area contributed by atoms with Gasteiger partial charge in [-0.15, -0.1) is 0 Å². The van der Waals surface area contributed by atoms with Crippen LogP contribution in [0.25, 0.3) is 0 Å². The maximum Gasteiger partial charge on any atom is 0.415 e. The first-order chi connectivity index (χ1) is 17.8. The number of nitrogens with zero attached hydrogens (tertiary/aromatic N) is 5. The number of carbonyl (C=O) groups is 2. The van der Waals surface area contributed by atoms with E-state index in [1.807, 2.05) is 11.8 Å². The fourth-order valence-electron chi connectivity index (χ4n) is 4.99. The van der Waals surface area contributed by atoms with Crippen molar-refractivity contribution in [2.24, 2.45) is 5.92 Å². The molecule has 9 nitrogen and oxygen atoms in total. The molecule has 0 saturated carbocycles. The van der Waals surface area contributed by atoms with Crippen LogP contribution in [0.15, 0.2) is 43.1 Å². The number of nitrogens with one attached hydrogen (secondary N) is 1. The van der Waals surface area contributed by atoms with Crippen molar-refractivity contribution in [1.82, 2.24) is 19.8 Å². The lowest BCUT2D eigenvalue weighted by Crippen LogP contribution is -2.49. The minimum atomic E-state index is -0.382. The molecule has 0 unspecified atom stereocenters. The molecule has 1 saturated heterocycles. The van der Waals surface area contributed by atoms with Gasteiger partial charge in [0.2, 0.25) is 11.9 Å². The number of rotatable bonds is 9. The van der Waals surface area contributed by atoms with E-state index in [9.17, 15) is 9.59 Å². The zero-order valence-corrected chi connectivity index (χ0v) is 22.3. The van der Waals surface area contributed by atoms with Crippen molar-refractivity contribution in [1.29, 1.82) is 0 Å². The van der Waals surface area contributed by atoms with Gasteiger partial charge in [0.05, 0.1) is 11.6 Å². The first-order valence-corrected chi connectivity index (χ1v) is 13.1. The largest absolute Gasteiger partial charge is 0.444 e. The third kappa shape index (κ3) is 6.10. The molecule has 4 rings (SSSR count). The lowest BCUT2D eigenvalue weighted by Gasteiger charge is -2.40. The number of ether oxygens (including phenoxy) is 1. The maximum absolute atomic E-state index is 12.1. The van der Waals surface area contributed by atoms with Crippen LogP contribution in [0.1, 0.15) is 62.9 Å². The summed E-state index contributed by atoms with van der Waals surface area (Å²) in [5, 5.41) is 3.38. The second-order valence-corrected chi connectivity index (χ2v) is 10.1. The van der Waals surface area contributed by atoms with Gasteiger partial charge >= 0.3 is 6.09 Å². The lowest BCUT2D eigenvalue weighted by molar-refractivity contribution is -0.128. The SMILES string of the molecule is C=CC(=O)N1CCN([C@@H](CC(C)C)c2ccc([C@H](C)Nc3ncc4c(n3)N(CC)C(=O)OC4)cc2)CC1. The molecule has 3 heterocycles. The van der Waals surface area contributed by atoms with E-state index in [1.165, 1.54) is 16.5 Å². The summed E-state index contributed by atoms with van der Waals surface area (Å²) in [5.74, 6) is 1.65. The van der Waals surface area contributed by atoms with Crippen LogP contribution in [0, 0.1) is 5.92 Å².